The fourth-order valence-corrected chi connectivity index (χ4v) is 2.46. The van der Waals surface area contributed by atoms with E-state index < -0.39 is 0 Å². The zero-order chi connectivity index (χ0) is 17.4. The highest BCUT2D eigenvalue weighted by Crippen LogP contribution is 2.16. The van der Waals surface area contributed by atoms with E-state index >= 15 is 0 Å². The second-order valence-corrected chi connectivity index (χ2v) is 5.46. The summed E-state index contributed by atoms with van der Waals surface area (Å²) in [5, 5.41) is 13.4. The highest BCUT2D eigenvalue weighted by atomic mass is 32.1. The van der Waals surface area contributed by atoms with Crippen LogP contribution in [0.25, 0.3) is 0 Å². The van der Waals surface area contributed by atoms with E-state index in [1.807, 2.05) is 6.07 Å². The first kappa shape index (κ1) is 17.4. The molecule has 1 aromatic heterocycles. The molecule has 1 amide bonds. The highest BCUT2D eigenvalue weighted by Gasteiger charge is 2.11. The van der Waals surface area contributed by atoms with E-state index in [9.17, 15) is 9.59 Å². The molecule has 24 heavy (non-hydrogen) atoms. The van der Waals surface area contributed by atoms with Crippen LogP contribution in [0.5, 0.6) is 5.75 Å². The number of rotatable bonds is 7. The third kappa shape index (κ3) is 5.37. The van der Waals surface area contributed by atoms with Crippen LogP contribution in [0.3, 0.4) is 0 Å². The quantitative estimate of drug-likeness (QED) is 0.772. The molecule has 0 radical (unpaired) electrons. The second kappa shape index (κ2) is 8.64. The number of hydrogen-bond acceptors (Lipinski definition) is 7. The molecule has 1 N–H and O–H groups in total. The normalized spacial score (nSPS) is 9.83. The third-order valence-corrected chi connectivity index (χ3v) is 3.59. The van der Waals surface area contributed by atoms with Crippen molar-refractivity contribution in [3.63, 3.8) is 0 Å². The topological polar surface area (TPSA) is 101 Å². The summed E-state index contributed by atoms with van der Waals surface area (Å²) in [6.07, 6.45) is 0.0714. The lowest BCUT2D eigenvalue weighted by Crippen LogP contribution is -2.20. The number of esters is 1. The van der Waals surface area contributed by atoms with E-state index in [2.05, 4.69) is 10.3 Å². The lowest BCUT2D eigenvalue weighted by molar-refractivity contribution is -0.142. The maximum absolute atomic E-state index is 11.8. The van der Waals surface area contributed by atoms with Gasteiger partial charge < -0.3 is 9.47 Å². The number of hydrogen-bond donors (Lipinski definition) is 1. The summed E-state index contributed by atoms with van der Waals surface area (Å²) in [4.78, 5) is 27.3. The Morgan fingerprint density at radius 2 is 2.08 bits per heavy atom. The van der Waals surface area contributed by atoms with Crippen molar-refractivity contribution in [2.75, 3.05) is 18.5 Å². The molecule has 0 fully saturated rings. The highest BCUT2D eigenvalue weighted by molar-refractivity contribution is 7.13. The Balaban J connectivity index is 1.80. The third-order valence-electron chi connectivity index (χ3n) is 2.78. The number of ether oxygens (including phenoxy) is 2. The van der Waals surface area contributed by atoms with Crippen LogP contribution in [0.15, 0.2) is 29.6 Å². The van der Waals surface area contributed by atoms with Gasteiger partial charge in [-0.3, -0.25) is 14.9 Å². The summed E-state index contributed by atoms with van der Waals surface area (Å²) in [5.41, 5.74) is 1.06. The van der Waals surface area contributed by atoms with Gasteiger partial charge in [-0.15, -0.1) is 11.3 Å². The SMILES string of the molecule is CCOC(=O)Cc1csc(NC(=O)COc2ccc(C#N)cc2)n1. The van der Waals surface area contributed by atoms with Crippen LogP contribution < -0.4 is 10.1 Å². The minimum absolute atomic E-state index is 0.0714. The number of nitriles is 1. The number of carbonyl (C=O) groups excluding carboxylic acids is 2. The molecule has 0 saturated heterocycles. The van der Waals surface area contributed by atoms with Gasteiger partial charge in [0.1, 0.15) is 5.75 Å². The molecule has 0 atom stereocenters. The second-order valence-electron chi connectivity index (χ2n) is 4.60. The van der Waals surface area contributed by atoms with Crippen LogP contribution in [0.4, 0.5) is 5.13 Å². The molecular formula is C16H15N3O4S. The Morgan fingerprint density at radius 1 is 1.33 bits per heavy atom. The molecule has 0 saturated carbocycles. The van der Waals surface area contributed by atoms with Gasteiger partial charge in [-0.25, -0.2) is 4.98 Å². The zero-order valence-electron chi connectivity index (χ0n) is 12.9. The minimum Gasteiger partial charge on any atom is -0.484 e. The number of nitrogens with zero attached hydrogens (tertiary/aromatic N) is 2. The molecule has 7 nitrogen and oxygen atoms in total. The van der Waals surface area contributed by atoms with Crippen molar-refractivity contribution in [1.29, 1.82) is 5.26 Å². The molecule has 1 heterocycles. The maximum Gasteiger partial charge on any atom is 0.311 e. The van der Waals surface area contributed by atoms with Crippen molar-refractivity contribution in [2.45, 2.75) is 13.3 Å². The summed E-state index contributed by atoms with van der Waals surface area (Å²) in [6, 6.07) is 8.45. The largest absolute Gasteiger partial charge is 0.484 e. The molecule has 124 valence electrons. The van der Waals surface area contributed by atoms with Crippen molar-refractivity contribution in [2.24, 2.45) is 0 Å². The molecule has 0 bridgehead atoms. The Morgan fingerprint density at radius 3 is 2.75 bits per heavy atom. The lowest BCUT2D eigenvalue weighted by atomic mass is 10.2. The number of benzene rings is 1. The van der Waals surface area contributed by atoms with E-state index in [0.29, 0.717) is 28.7 Å². The average molecular weight is 345 g/mol. The zero-order valence-corrected chi connectivity index (χ0v) is 13.8. The van der Waals surface area contributed by atoms with Crippen LogP contribution in [-0.2, 0) is 20.7 Å². The predicted molar refractivity (Wildman–Crippen MR) is 87.7 cm³/mol. The molecule has 0 unspecified atom stereocenters. The van der Waals surface area contributed by atoms with Crippen molar-refractivity contribution in [1.82, 2.24) is 4.98 Å². The van der Waals surface area contributed by atoms with E-state index in [-0.39, 0.29) is 24.9 Å². The molecule has 1 aromatic carbocycles. The van der Waals surface area contributed by atoms with Crippen LogP contribution in [0.1, 0.15) is 18.2 Å². The summed E-state index contributed by atoms with van der Waals surface area (Å²) >= 11 is 1.22. The first-order valence-corrected chi connectivity index (χ1v) is 8.01. The van der Waals surface area contributed by atoms with Gasteiger partial charge in [-0.05, 0) is 31.2 Å². The Hall–Kier alpha value is -2.92. The van der Waals surface area contributed by atoms with Crippen LogP contribution in [-0.4, -0.2) is 30.1 Å². The van der Waals surface area contributed by atoms with Gasteiger partial charge >= 0.3 is 5.97 Å². The molecule has 8 heteroatoms. The van der Waals surface area contributed by atoms with E-state index in [0.717, 1.165) is 0 Å². The van der Waals surface area contributed by atoms with Gasteiger partial charge in [0.2, 0.25) is 0 Å². The number of amides is 1. The Kier molecular flexibility index (Phi) is 6.28. The number of anilines is 1. The van der Waals surface area contributed by atoms with Gasteiger partial charge in [0.25, 0.3) is 5.91 Å². The first-order valence-electron chi connectivity index (χ1n) is 7.13. The maximum atomic E-state index is 11.8. The fourth-order valence-electron chi connectivity index (χ4n) is 1.74. The number of thiazole rings is 1. The van der Waals surface area contributed by atoms with E-state index in [1.165, 1.54) is 11.3 Å². The van der Waals surface area contributed by atoms with Crippen molar-refractivity contribution < 1.29 is 19.1 Å². The van der Waals surface area contributed by atoms with Crippen molar-refractivity contribution >= 4 is 28.3 Å². The smallest absolute Gasteiger partial charge is 0.311 e. The minimum atomic E-state index is -0.364. The summed E-state index contributed by atoms with van der Waals surface area (Å²) in [6.45, 7) is 1.87. The monoisotopic (exact) mass is 345 g/mol. The average Bonchev–Trinajstić information content (AvgIpc) is 3.00. The standard InChI is InChI=1S/C16H15N3O4S/c1-2-22-15(21)7-12-10-24-16(18-12)19-14(20)9-23-13-5-3-11(8-17)4-6-13/h3-6,10H,2,7,9H2,1H3,(H,18,19,20). The van der Waals surface area contributed by atoms with Gasteiger partial charge in [-0.2, -0.15) is 5.26 Å². The molecule has 0 spiro atoms. The summed E-state index contributed by atoms with van der Waals surface area (Å²) < 4.78 is 10.2. The molecule has 2 aromatic rings. The van der Waals surface area contributed by atoms with Gasteiger partial charge in [-0.1, -0.05) is 0 Å². The van der Waals surface area contributed by atoms with Gasteiger partial charge in [0, 0.05) is 5.38 Å². The molecular weight excluding hydrogens is 330 g/mol. The van der Waals surface area contributed by atoms with Gasteiger partial charge in [0.15, 0.2) is 11.7 Å². The van der Waals surface area contributed by atoms with Crippen molar-refractivity contribution in [3.05, 3.63) is 40.9 Å². The first-order chi connectivity index (χ1) is 11.6. The molecule has 0 aliphatic carbocycles. The van der Waals surface area contributed by atoms with E-state index in [1.54, 1.807) is 36.6 Å². The summed E-state index contributed by atoms with van der Waals surface area (Å²) in [7, 11) is 0. The van der Waals surface area contributed by atoms with Crippen LogP contribution in [0.2, 0.25) is 0 Å². The van der Waals surface area contributed by atoms with Crippen LogP contribution >= 0.6 is 11.3 Å². The molecule has 2 rings (SSSR count). The predicted octanol–water partition coefficient (Wildman–Crippen LogP) is 2.14. The van der Waals surface area contributed by atoms with Crippen molar-refractivity contribution in [3.8, 4) is 11.8 Å². The summed E-state index contributed by atoms with van der Waals surface area (Å²) in [5.74, 6) is -0.229. The Labute approximate surface area is 142 Å². The number of nitrogens with one attached hydrogen (secondary N) is 1. The number of aromatic nitrogens is 1. The lowest BCUT2D eigenvalue weighted by Gasteiger charge is -2.05. The van der Waals surface area contributed by atoms with Crippen LogP contribution in [0, 0.1) is 11.3 Å². The van der Waals surface area contributed by atoms with Gasteiger partial charge in [0.05, 0.1) is 30.4 Å². The number of carbonyl (C=O) groups is 2. The van der Waals surface area contributed by atoms with E-state index in [4.69, 9.17) is 14.7 Å². The molecule has 0 aliphatic rings. The Bertz CT molecular complexity index is 749. The fraction of sp³-hybridized carbons (Fsp3) is 0.250. The molecule has 0 aliphatic heterocycles.